The number of nitrogens with zero attached hydrogens (tertiary/aromatic N) is 3. The average molecular weight is 419 g/mol. The van der Waals surface area contributed by atoms with Crippen molar-refractivity contribution in [1.82, 2.24) is 9.55 Å². The number of fused-ring (bicyclic) bond motifs is 3. The van der Waals surface area contributed by atoms with Crippen LogP contribution in [-0.2, 0) is 14.1 Å². The smallest absolute Gasteiger partial charge is 0.216 e. The van der Waals surface area contributed by atoms with Crippen LogP contribution >= 0.6 is 11.3 Å². The Labute approximate surface area is 180 Å². The van der Waals surface area contributed by atoms with Crippen LogP contribution in [0.4, 0.5) is 0 Å². The standard InChI is InChI=1S/C25H28N3OS/c1-14-16-8-11-27(4)17(16)12-18-19(14)21-20-22(29-18)23(30-24(20)26-13-28(21)5)15-6-9-25(2,3)10-7-15/h8,11-13,15H,6-7,9-10H2,1-5H3/q+1. The molecule has 6 rings (SSSR count). The van der Waals surface area contributed by atoms with Crippen LogP contribution in [0.1, 0.15) is 55.9 Å². The highest BCUT2D eigenvalue weighted by Crippen LogP contribution is 2.49. The molecule has 1 aliphatic rings. The van der Waals surface area contributed by atoms with Crippen molar-refractivity contribution < 1.29 is 8.98 Å². The molecule has 0 radical (unpaired) electrons. The molecule has 0 aliphatic heterocycles. The first-order valence-corrected chi connectivity index (χ1v) is 11.7. The van der Waals surface area contributed by atoms with Crippen LogP contribution in [0.25, 0.3) is 43.2 Å². The molecular weight excluding hydrogens is 390 g/mol. The molecule has 5 aromatic rings. The van der Waals surface area contributed by atoms with Crippen LogP contribution in [-0.4, -0.2) is 9.55 Å². The Morgan fingerprint density at radius 2 is 2.00 bits per heavy atom. The van der Waals surface area contributed by atoms with Crippen molar-refractivity contribution in [2.75, 3.05) is 0 Å². The molecule has 0 spiro atoms. The van der Waals surface area contributed by atoms with E-state index in [1.165, 1.54) is 63.3 Å². The molecule has 5 heteroatoms. The van der Waals surface area contributed by atoms with Gasteiger partial charge in [0, 0.05) is 18.5 Å². The van der Waals surface area contributed by atoms with E-state index in [1.54, 1.807) is 0 Å². The third-order valence-electron chi connectivity index (χ3n) is 7.38. The summed E-state index contributed by atoms with van der Waals surface area (Å²) in [4.78, 5) is 7.30. The van der Waals surface area contributed by atoms with Crippen molar-refractivity contribution in [3.63, 3.8) is 0 Å². The van der Waals surface area contributed by atoms with E-state index in [2.05, 4.69) is 62.3 Å². The van der Waals surface area contributed by atoms with Crippen LogP contribution in [0.2, 0.25) is 0 Å². The highest BCUT2D eigenvalue weighted by atomic mass is 32.1. The fraction of sp³-hybridized carbons (Fsp3) is 0.440. The van der Waals surface area contributed by atoms with E-state index in [0.29, 0.717) is 11.3 Å². The molecule has 0 unspecified atom stereocenters. The lowest BCUT2D eigenvalue weighted by Crippen LogP contribution is -2.24. The van der Waals surface area contributed by atoms with E-state index in [1.807, 2.05) is 17.7 Å². The van der Waals surface area contributed by atoms with Crippen molar-refractivity contribution >= 4 is 54.5 Å². The second-order valence-corrected chi connectivity index (χ2v) is 11.0. The van der Waals surface area contributed by atoms with Crippen molar-refractivity contribution in [2.24, 2.45) is 19.5 Å². The van der Waals surface area contributed by atoms with Gasteiger partial charge in [0.2, 0.25) is 5.52 Å². The number of hydrogen-bond acceptors (Lipinski definition) is 3. The van der Waals surface area contributed by atoms with Gasteiger partial charge < -0.3 is 8.98 Å². The number of aromatic nitrogens is 3. The Bertz CT molecular complexity index is 1460. The minimum atomic E-state index is 0.461. The third kappa shape index (κ3) is 2.45. The van der Waals surface area contributed by atoms with Crippen LogP contribution in [0.5, 0.6) is 0 Å². The first-order valence-electron chi connectivity index (χ1n) is 10.9. The van der Waals surface area contributed by atoms with Crippen LogP contribution in [0.3, 0.4) is 0 Å². The lowest BCUT2D eigenvalue weighted by Gasteiger charge is -2.33. The molecular formula is C25H28N3OS+. The van der Waals surface area contributed by atoms with Crippen LogP contribution < -0.4 is 4.57 Å². The Hall–Kier alpha value is -2.40. The second-order valence-electron chi connectivity index (χ2n) is 9.95. The van der Waals surface area contributed by atoms with Crippen LogP contribution in [0, 0.1) is 12.3 Å². The fourth-order valence-electron chi connectivity index (χ4n) is 5.47. The van der Waals surface area contributed by atoms with Gasteiger partial charge >= 0.3 is 0 Å². The summed E-state index contributed by atoms with van der Waals surface area (Å²) < 4.78 is 11.1. The van der Waals surface area contributed by atoms with Crippen molar-refractivity contribution in [3.8, 4) is 0 Å². The first-order chi connectivity index (χ1) is 14.3. The maximum atomic E-state index is 6.74. The topological polar surface area (TPSA) is 34.8 Å². The van der Waals surface area contributed by atoms with Gasteiger partial charge in [-0.3, -0.25) is 0 Å². The van der Waals surface area contributed by atoms with E-state index >= 15 is 0 Å². The molecule has 0 bridgehead atoms. The van der Waals surface area contributed by atoms with Crippen LogP contribution in [0.15, 0.2) is 29.1 Å². The molecule has 0 saturated heterocycles. The molecule has 1 aliphatic carbocycles. The van der Waals surface area contributed by atoms with Gasteiger partial charge in [-0.15, -0.1) is 11.3 Å². The summed E-state index contributed by atoms with van der Waals surface area (Å²) in [5.41, 5.74) is 6.26. The zero-order chi connectivity index (χ0) is 20.8. The monoisotopic (exact) mass is 418 g/mol. The molecule has 0 amide bonds. The minimum absolute atomic E-state index is 0.461. The quantitative estimate of drug-likeness (QED) is 0.230. The van der Waals surface area contributed by atoms with Gasteiger partial charge in [0.25, 0.3) is 0 Å². The normalized spacial score (nSPS) is 17.8. The third-order valence-corrected chi connectivity index (χ3v) is 8.62. The summed E-state index contributed by atoms with van der Waals surface area (Å²) in [5, 5.41) is 3.71. The molecule has 4 nitrogen and oxygen atoms in total. The lowest BCUT2D eigenvalue weighted by molar-refractivity contribution is -0.642. The molecule has 4 heterocycles. The molecule has 0 atom stereocenters. The van der Waals surface area contributed by atoms with E-state index in [9.17, 15) is 0 Å². The maximum Gasteiger partial charge on any atom is 0.216 e. The van der Waals surface area contributed by atoms with E-state index < -0.39 is 0 Å². The van der Waals surface area contributed by atoms with E-state index in [0.717, 1.165) is 16.0 Å². The number of hydrogen-bond donors (Lipinski definition) is 0. The largest absolute Gasteiger partial charge is 0.454 e. The molecule has 1 aromatic carbocycles. The molecule has 1 fully saturated rings. The molecule has 1 saturated carbocycles. The summed E-state index contributed by atoms with van der Waals surface area (Å²) >= 11 is 1.85. The lowest BCUT2D eigenvalue weighted by atomic mass is 9.73. The van der Waals surface area contributed by atoms with Gasteiger partial charge in [-0.05, 0) is 49.5 Å². The predicted octanol–water partition coefficient (Wildman–Crippen LogP) is 6.50. The summed E-state index contributed by atoms with van der Waals surface area (Å²) in [6.07, 6.45) is 9.13. The zero-order valence-corrected chi connectivity index (χ0v) is 19.2. The average Bonchev–Trinajstić information content (AvgIpc) is 3.26. The maximum absolute atomic E-state index is 6.74. The van der Waals surface area contributed by atoms with Gasteiger partial charge in [0.1, 0.15) is 17.5 Å². The predicted molar refractivity (Wildman–Crippen MR) is 124 cm³/mol. The summed E-state index contributed by atoms with van der Waals surface area (Å²) in [7, 11) is 4.21. The fourth-order valence-corrected chi connectivity index (χ4v) is 6.71. The van der Waals surface area contributed by atoms with Gasteiger partial charge in [0.15, 0.2) is 11.8 Å². The Morgan fingerprint density at radius 3 is 2.77 bits per heavy atom. The van der Waals surface area contributed by atoms with Crippen molar-refractivity contribution in [1.29, 1.82) is 0 Å². The highest BCUT2D eigenvalue weighted by Gasteiger charge is 2.32. The van der Waals surface area contributed by atoms with Crippen molar-refractivity contribution in [3.05, 3.63) is 35.1 Å². The van der Waals surface area contributed by atoms with E-state index in [4.69, 9.17) is 9.40 Å². The van der Waals surface area contributed by atoms with Gasteiger partial charge in [-0.25, -0.2) is 9.55 Å². The Kier molecular flexibility index (Phi) is 3.72. The Morgan fingerprint density at radius 1 is 1.23 bits per heavy atom. The number of benzene rings is 1. The number of rotatable bonds is 1. The van der Waals surface area contributed by atoms with E-state index in [-0.39, 0.29) is 0 Å². The summed E-state index contributed by atoms with van der Waals surface area (Å²) in [6.45, 7) is 7.02. The first kappa shape index (κ1) is 18.4. The summed E-state index contributed by atoms with van der Waals surface area (Å²) in [5.74, 6) is 0.576. The highest BCUT2D eigenvalue weighted by molar-refractivity contribution is 7.19. The summed E-state index contributed by atoms with van der Waals surface area (Å²) in [6, 6.07) is 4.43. The van der Waals surface area contributed by atoms with Gasteiger partial charge in [0.05, 0.1) is 33.6 Å². The second kappa shape index (κ2) is 6.07. The Balaban J connectivity index is 1.71. The molecule has 154 valence electrons. The number of aryl methyl sites for hydroxylation is 3. The molecule has 0 N–H and O–H groups in total. The van der Waals surface area contributed by atoms with Gasteiger partial charge in [-0.2, -0.15) is 0 Å². The molecule has 4 aromatic heterocycles. The molecule has 30 heavy (non-hydrogen) atoms. The SMILES string of the molecule is Cc1c2cc[n+](C)c2cc2oc3c(C4CCC(C)(C)CC4)sc4ncn(C)c(c12)c43. The van der Waals surface area contributed by atoms with Gasteiger partial charge in [-0.1, -0.05) is 13.8 Å². The van der Waals surface area contributed by atoms with Crippen molar-refractivity contribution in [2.45, 2.75) is 52.4 Å². The zero-order valence-electron chi connectivity index (χ0n) is 18.4. The minimum Gasteiger partial charge on any atom is -0.454 e. The number of thiophene rings is 1.